The maximum atomic E-state index is 12.3. The van der Waals surface area contributed by atoms with Gasteiger partial charge in [0, 0.05) is 42.6 Å². The van der Waals surface area contributed by atoms with Gasteiger partial charge >= 0.3 is 0 Å². The Balaban J connectivity index is 1.62. The second-order valence-corrected chi connectivity index (χ2v) is 5.90. The number of carbonyl (C=O) groups excluding carboxylic acids is 2. The van der Waals surface area contributed by atoms with Crippen LogP contribution in [-0.2, 0) is 16.1 Å². The molecule has 1 fully saturated rings. The van der Waals surface area contributed by atoms with E-state index in [1.165, 1.54) is 0 Å². The van der Waals surface area contributed by atoms with Crippen LogP contribution in [0, 0.1) is 5.92 Å². The highest BCUT2D eigenvalue weighted by molar-refractivity contribution is 6.30. The topological polar surface area (TPSA) is 62.3 Å². The van der Waals surface area contributed by atoms with E-state index in [9.17, 15) is 9.59 Å². The third-order valence-electron chi connectivity index (χ3n) is 3.81. The van der Waals surface area contributed by atoms with Crippen molar-refractivity contribution in [2.75, 3.05) is 11.4 Å². The molecule has 0 bridgehead atoms. The highest BCUT2D eigenvalue weighted by atomic mass is 35.5. The fourth-order valence-corrected chi connectivity index (χ4v) is 2.80. The second-order valence-electron chi connectivity index (χ2n) is 5.46. The summed E-state index contributed by atoms with van der Waals surface area (Å²) in [5.41, 5.74) is 1.65. The fraction of sp³-hybridized carbons (Fsp3) is 0.235. The summed E-state index contributed by atoms with van der Waals surface area (Å²) in [5.74, 6) is -0.529. The molecule has 0 radical (unpaired) electrons. The number of pyridine rings is 1. The number of rotatable bonds is 4. The van der Waals surface area contributed by atoms with Gasteiger partial charge in [-0.25, -0.2) is 0 Å². The molecule has 23 heavy (non-hydrogen) atoms. The van der Waals surface area contributed by atoms with Crippen LogP contribution in [0.2, 0.25) is 5.02 Å². The molecule has 3 rings (SSSR count). The first-order valence-electron chi connectivity index (χ1n) is 7.36. The van der Waals surface area contributed by atoms with Crippen molar-refractivity contribution in [2.24, 2.45) is 5.92 Å². The number of hydrogen-bond donors (Lipinski definition) is 1. The van der Waals surface area contributed by atoms with Gasteiger partial charge in [-0.1, -0.05) is 23.7 Å². The normalized spacial score (nSPS) is 17.3. The molecule has 2 heterocycles. The molecule has 1 aliphatic heterocycles. The van der Waals surface area contributed by atoms with Gasteiger partial charge in [-0.2, -0.15) is 0 Å². The van der Waals surface area contributed by atoms with Gasteiger partial charge in [-0.15, -0.1) is 0 Å². The van der Waals surface area contributed by atoms with Crippen LogP contribution in [0.25, 0.3) is 0 Å². The molecule has 1 saturated heterocycles. The Morgan fingerprint density at radius 2 is 2.22 bits per heavy atom. The predicted octanol–water partition coefficient (Wildman–Crippen LogP) is 2.40. The molecule has 1 atom stereocenters. The average Bonchev–Trinajstić information content (AvgIpc) is 2.95. The molecule has 2 amide bonds. The van der Waals surface area contributed by atoms with Crippen LogP contribution < -0.4 is 10.2 Å². The van der Waals surface area contributed by atoms with E-state index >= 15 is 0 Å². The van der Waals surface area contributed by atoms with Gasteiger partial charge in [0.25, 0.3) is 0 Å². The van der Waals surface area contributed by atoms with Gasteiger partial charge in [0.05, 0.1) is 5.92 Å². The zero-order valence-corrected chi connectivity index (χ0v) is 13.2. The summed E-state index contributed by atoms with van der Waals surface area (Å²) in [5, 5.41) is 3.43. The minimum absolute atomic E-state index is 0.0613. The van der Waals surface area contributed by atoms with Gasteiger partial charge in [0.2, 0.25) is 11.8 Å². The van der Waals surface area contributed by atoms with Crippen molar-refractivity contribution >= 4 is 29.1 Å². The summed E-state index contributed by atoms with van der Waals surface area (Å²) in [7, 11) is 0. The first-order chi connectivity index (χ1) is 11.1. The quantitative estimate of drug-likeness (QED) is 0.937. The minimum Gasteiger partial charge on any atom is -0.352 e. The number of hydrogen-bond acceptors (Lipinski definition) is 3. The number of amides is 2. The second kappa shape index (κ2) is 6.79. The number of aromatic nitrogens is 1. The van der Waals surface area contributed by atoms with Gasteiger partial charge in [0.15, 0.2) is 0 Å². The van der Waals surface area contributed by atoms with E-state index in [0.29, 0.717) is 18.1 Å². The molecule has 0 spiro atoms. The molecule has 1 aromatic heterocycles. The Labute approximate surface area is 139 Å². The van der Waals surface area contributed by atoms with Gasteiger partial charge in [-0.05, 0) is 29.8 Å². The lowest BCUT2D eigenvalue weighted by molar-refractivity contribution is -0.126. The summed E-state index contributed by atoms with van der Waals surface area (Å²) in [4.78, 5) is 30.1. The zero-order chi connectivity index (χ0) is 16.2. The van der Waals surface area contributed by atoms with Crippen molar-refractivity contribution in [3.63, 3.8) is 0 Å². The molecule has 1 N–H and O–H groups in total. The van der Waals surface area contributed by atoms with Crippen molar-refractivity contribution in [3.05, 3.63) is 59.4 Å². The molecular formula is C17H16ClN3O2. The van der Waals surface area contributed by atoms with Crippen molar-refractivity contribution in [3.8, 4) is 0 Å². The van der Waals surface area contributed by atoms with Gasteiger partial charge in [0.1, 0.15) is 0 Å². The summed E-state index contributed by atoms with van der Waals surface area (Å²) in [6, 6.07) is 10.8. The van der Waals surface area contributed by atoms with Crippen LogP contribution >= 0.6 is 11.6 Å². The van der Waals surface area contributed by atoms with E-state index in [1.807, 2.05) is 18.2 Å². The molecule has 6 heteroatoms. The molecule has 0 saturated carbocycles. The maximum absolute atomic E-state index is 12.3. The number of carbonyl (C=O) groups is 2. The Bertz CT molecular complexity index is 721. The molecule has 5 nitrogen and oxygen atoms in total. The van der Waals surface area contributed by atoms with Crippen LogP contribution in [0.3, 0.4) is 0 Å². The summed E-state index contributed by atoms with van der Waals surface area (Å²) in [6.07, 6.45) is 3.60. The molecule has 1 aliphatic rings. The van der Waals surface area contributed by atoms with Gasteiger partial charge < -0.3 is 10.2 Å². The Morgan fingerprint density at radius 3 is 2.96 bits per heavy atom. The monoisotopic (exact) mass is 329 g/mol. The molecule has 1 unspecified atom stereocenters. The molecular weight excluding hydrogens is 314 g/mol. The highest BCUT2D eigenvalue weighted by Crippen LogP contribution is 2.27. The van der Waals surface area contributed by atoms with E-state index < -0.39 is 0 Å². The lowest BCUT2D eigenvalue weighted by Gasteiger charge is -2.17. The van der Waals surface area contributed by atoms with Crippen LogP contribution in [0.1, 0.15) is 12.0 Å². The fourth-order valence-electron chi connectivity index (χ4n) is 2.61. The number of benzene rings is 1. The van der Waals surface area contributed by atoms with Crippen LogP contribution in [0.5, 0.6) is 0 Å². The van der Waals surface area contributed by atoms with Crippen LogP contribution in [0.4, 0.5) is 5.69 Å². The standard InChI is InChI=1S/C17H16ClN3O2/c18-14-4-1-5-15(8-14)21-11-13(7-16(21)22)17(23)20-10-12-3-2-6-19-9-12/h1-6,8-9,13H,7,10-11H2,(H,20,23). The molecule has 1 aromatic carbocycles. The van der Waals surface area contributed by atoms with Crippen LogP contribution in [-0.4, -0.2) is 23.3 Å². The van der Waals surface area contributed by atoms with Crippen molar-refractivity contribution in [1.29, 1.82) is 0 Å². The average molecular weight is 330 g/mol. The van der Waals surface area contributed by atoms with E-state index in [-0.39, 0.29) is 24.2 Å². The highest BCUT2D eigenvalue weighted by Gasteiger charge is 2.35. The third kappa shape index (κ3) is 3.68. The first kappa shape index (κ1) is 15.5. The molecule has 2 aromatic rings. The lowest BCUT2D eigenvalue weighted by atomic mass is 10.1. The summed E-state index contributed by atoms with van der Waals surface area (Å²) < 4.78 is 0. The van der Waals surface area contributed by atoms with Crippen molar-refractivity contribution in [2.45, 2.75) is 13.0 Å². The maximum Gasteiger partial charge on any atom is 0.227 e. The SMILES string of the molecule is O=C(NCc1cccnc1)C1CC(=O)N(c2cccc(Cl)c2)C1. The van der Waals surface area contributed by atoms with Crippen LogP contribution in [0.15, 0.2) is 48.8 Å². The third-order valence-corrected chi connectivity index (χ3v) is 4.04. The predicted molar refractivity (Wildman–Crippen MR) is 88.0 cm³/mol. The Kier molecular flexibility index (Phi) is 4.57. The van der Waals surface area contributed by atoms with Gasteiger partial charge in [-0.3, -0.25) is 14.6 Å². The van der Waals surface area contributed by atoms with E-state index in [4.69, 9.17) is 11.6 Å². The Hall–Kier alpha value is -2.40. The summed E-state index contributed by atoms with van der Waals surface area (Å²) >= 11 is 5.96. The Morgan fingerprint density at radius 1 is 1.35 bits per heavy atom. The summed E-state index contributed by atoms with van der Waals surface area (Å²) in [6.45, 7) is 0.784. The van der Waals surface area contributed by atoms with E-state index in [0.717, 1.165) is 11.3 Å². The minimum atomic E-state index is -0.349. The number of halogens is 1. The molecule has 0 aliphatic carbocycles. The lowest BCUT2D eigenvalue weighted by Crippen LogP contribution is -2.32. The molecule has 118 valence electrons. The smallest absolute Gasteiger partial charge is 0.227 e. The zero-order valence-electron chi connectivity index (χ0n) is 12.4. The van der Waals surface area contributed by atoms with E-state index in [1.54, 1.807) is 35.5 Å². The van der Waals surface area contributed by atoms with Crippen molar-refractivity contribution < 1.29 is 9.59 Å². The van der Waals surface area contributed by atoms with Crippen molar-refractivity contribution in [1.82, 2.24) is 10.3 Å². The number of nitrogens with one attached hydrogen (secondary N) is 1. The van der Waals surface area contributed by atoms with E-state index in [2.05, 4.69) is 10.3 Å². The number of nitrogens with zero attached hydrogens (tertiary/aromatic N) is 2. The number of anilines is 1. The first-order valence-corrected chi connectivity index (χ1v) is 7.74. The largest absolute Gasteiger partial charge is 0.352 e.